The smallest absolute Gasteiger partial charge is 2.00 e. The predicted molar refractivity (Wildman–Crippen MR) is 52.8 cm³/mol. The first-order valence-corrected chi connectivity index (χ1v) is 3.74. The van der Waals surface area contributed by atoms with Gasteiger partial charge in [0, 0.05) is 13.1 Å². The van der Waals surface area contributed by atoms with Crippen molar-refractivity contribution in [1.29, 1.82) is 0 Å². The van der Waals surface area contributed by atoms with Crippen LogP contribution in [0.2, 0.25) is 0 Å². The molecular formula is C10H16N2O4W+2. The molecule has 0 saturated carbocycles. The third-order valence-corrected chi connectivity index (χ3v) is 0.994. The van der Waals surface area contributed by atoms with Crippen molar-refractivity contribution in [2.75, 3.05) is 41.3 Å². The Hall–Kier alpha value is -0.432. The van der Waals surface area contributed by atoms with Gasteiger partial charge in [-0.3, -0.25) is 0 Å². The maximum Gasteiger partial charge on any atom is 2.00 e. The minimum atomic E-state index is 0. The molecule has 0 aromatic heterocycles. The summed E-state index contributed by atoms with van der Waals surface area (Å²) >= 11 is 0. The van der Waals surface area contributed by atoms with Crippen molar-refractivity contribution in [2.45, 2.75) is 0 Å². The molecule has 17 heavy (non-hydrogen) atoms. The Labute approximate surface area is 117 Å². The molecule has 0 aromatic rings. The van der Waals surface area contributed by atoms with Gasteiger partial charge in [-0.05, 0) is 28.2 Å². The first-order chi connectivity index (χ1) is 7.63. The minimum Gasteiger partial charge on any atom is 2.00 e. The largest absolute Gasteiger partial charge is 2.00 e. The minimum absolute atomic E-state index is 0. The molecule has 0 bridgehead atoms. The molecule has 0 heterocycles. The van der Waals surface area contributed by atoms with Crippen LogP contribution in [0.5, 0.6) is 0 Å². The fraction of sp³-hybridized carbons (Fsp3) is 0.600. The van der Waals surface area contributed by atoms with E-state index in [4.69, 9.17) is 18.6 Å². The molecule has 0 aliphatic rings. The van der Waals surface area contributed by atoms with Gasteiger partial charge < -0.3 is 9.80 Å². The zero-order valence-electron chi connectivity index (χ0n) is 10.3. The summed E-state index contributed by atoms with van der Waals surface area (Å²) in [6.07, 6.45) is 0. The molecule has 0 rings (SSSR count). The van der Waals surface area contributed by atoms with Crippen LogP contribution < -0.4 is 0 Å². The summed E-state index contributed by atoms with van der Waals surface area (Å²) in [5.74, 6) is 0. The Morgan fingerprint density at radius 3 is 0.765 bits per heavy atom. The van der Waals surface area contributed by atoms with E-state index in [1.165, 1.54) is 0 Å². The van der Waals surface area contributed by atoms with E-state index in [1.807, 2.05) is 0 Å². The summed E-state index contributed by atoms with van der Waals surface area (Å²) in [6, 6.07) is 0. The molecule has 0 unspecified atom stereocenters. The van der Waals surface area contributed by atoms with E-state index >= 15 is 0 Å². The SMILES string of the molecule is CN(C)CCN(C)C.[C-]#[O+].[C-]#[O+].[C-]#[O+].[C-]#[O+].[W+2]. The van der Waals surface area contributed by atoms with E-state index in [9.17, 15) is 0 Å². The summed E-state index contributed by atoms with van der Waals surface area (Å²) in [6.45, 7) is 20.3. The van der Waals surface area contributed by atoms with E-state index in [1.54, 1.807) is 0 Å². The van der Waals surface area contributed by atoms with Crippen LogP contribution >= 0.6 is 0 Å². The van der Waals surface area contributed by atoms with Crippen LogP contribution in [-0.4, -0.2) is 51.1 Å². The van der Waals surface area contributed by atoms with Gasteiger partial charge in [0.2, 0.25) is 0 Å². The van der Waals surface area contributed by atoms with Gasteiger partial charge in [-0.1, -0.05) is 0 Å². The van der Waals surface area contributed by atoms with Crippen molar-refractivity contribution in [1.82, 2.24) is 9.80 Å². The van der Waals surface area contributed by atoms with Gasteiger partial charge in [0.05, 0.1) is 0 Å². The van der Waals surface area contributed by atoms with Gasteiger partial charge in [0.15, 0.2) is 0 Å². The fourth-order valence-electron chi connectivity index (χ4n) is 0.400. The Bertz CT molecular complexity index is 144. The van der Waals surface area contributed by atoms with Crippen LogP contribution in [0.1, 0.15) is 0 Å². The van der Waals surface area contributed by atoms with Crippen LogP contribution in [0.3, 0.4) is 0 Å². The van der Waals surface area contributed by atoms with Gasteiger partial charge in [0.25, 0.3) is 0 Å². The van der Waals surface area contributed by atoms with Crippen LogP contribution in [-0.2, 0) is 39.7 Å². The molecule has 0 spiro atoms. The second kappa shape index (κ2) is 57.7. The first kappa shape index (κ1) is 36.0. The van der Waals surface area contributed by atoms with Gasteiger partial charge in [0.1, 0.15) is 0 Å². The third kappa shape index (κ3) is 137. The maximum atomic E-state index is 7.50. The van der Waals surface area contributed by atoms with Gasteiger partial charge in [-0.15, -0.1) is 0 Å². The molecule has 7 heteroatoms. The monoisotopic (exact) mass is 412 g/mol. The topological polar surface area (TPSA) is 86.1 Å². The summed E-state index contributed by atoms with van der Waals surface area (Å²) in [7, 11) is 8.35. The van der Waals surface area contributed by atoms with Crippen LogP contribution in [0.15, 0.2) is 0 Å². The Morgan fingerprint density at radius 2 is 0.706 bits per heavy atom. The summed E-state index contributed by atoms with van der Waals surface area (Å²) in [5.41, 5.74) is 0. The number of nitrogens with zero attached hydrogens (tertiary/aromatic N) is 2. The first-order valence-electron chi connectivity index (χ1n) is 3.74. The standard InChI is InChI=1S/C6H16N2.4CO.W/c1-7(2)5-6-8(3)4;4*1-2;/h5-6H2,1-4H3;;;;;/q;;;;;+2. The zero-order valence-corrected chi connectivity index (χ0v) is 13.3. The van der Waals surface area contributed by atoms with Gasteiger partial charge in [-0.25, -0.2) is 0 Å². The predicted octanol–water partition coefficient (Wildman–Crippen LogP) is -0.0429. The molecule has 0 amide bonds. The number of rotatable bonds is 3. The second-order valence-electron chi connectivity index (χ2n) is 2.61. The zero-order chi connectivity index (χ0) is 14.6. The Balaban J connectivity index is -0.0000000287. The molecule has 0 aliphatic carbocycles. The molecule has 0 aliphatic heterocycles. The van der Waals surface area contributed by atoms with E-state index in [0.29, 0.717) is 0 Å². The van der Waals surface area contributed by atoms with Gasteiger partial charge in [-0.2, -0.15) is 0 Å². The van der Waals surface area contributed by atoms with Crippen LogP contribution in [0.25, 0.3) is 0 Å². The van der Waals surface area contributed by atoms with Crippen molar-refractivity contribution in [3.8, 4) is 0 Å². The summed E-state index contributed by atoms with van der Waals surface area (Å²) in [5, 5.41) is 0. The molecular weight excluding hydrogens is 396 g/mol. The number of hydrogen-bond acceptors (Lipinski definition) is 2. The van der Waals surface area contributed by atoms with Crippen molar-refractivity contribution in [3.05, 3.63) is 26.6 Å². The van der Waals surface area contributed by atoms with E-state index < -0.39 is 0 Å². The normalized spacial score (nSPS) is 5.76. The summed E-state index contributed by atoms with van der Waals surface area (Å²) < 4.78 is 30.0. The molecule has 0 fully saturated rings. The fourth-order valence-corrected chi connectivity index (χ4v) is 0.400. The van der Waals surface area contributed by atoms with E-state index in [-0.39, 0.29) is 21.1 Å². The van der Waals surface area contributed by atoms with Crippen molar-refractivity contribution in [2.24, 2.45) is 0 Å². The quantitative estimate of drug-likeness (QED) is 0.481. The molecule has 0 atom stereocenters. The number of likely N-dealkylation sites (N-methyl/N-ethyl adjacent to an activating group) is 2. The van der Waals surface area contributed by atoms with Crippen LogP contribution in [0.4, 0.5) is 0 Å². The molecule has 0 radical (unpaired) electrons. The third-order valence-electron chi connectivity index (χ3n) is 0.994. The van der Waals surface area contributed by atoms with Crippen LogP contribution in [0, 0.1) is 26.6 Å². The molecule has 6 nitrogen and oxygen atoms in total. The Kier molecular flexibility index (Phi) is 122. The average Bonchev–Trinajstić information content (AvgIpc) is 2.36. The molecule has 0 aromatic carbocycles. The molecule has 0 saturated heterocycles. The Morgan fingerprint density at radius 1 is 0.588 bits per heavy atom. The average molecular weight is 412 g/mol. The molecule has 0 N–H and O–H groups in total. The maximum absolute atomic E-state index is 7.50. The molecule has 94 valence electrons. The summed E-state index contributed by atoms with van der Waals surface area (Å²) in [4.78, 5) is 4.36. The van der Waals surface area contributed by atoms with Crippen molar-refractivity contribution < 1.29 is 39.7 Å². The van der Waals surface area contributed by atoms with Crippen molar-refractivity contribution >= 4 is 0 Å². The van der Waals surface area contributed by atoms with E-state index in [2.05, 4.69) is 64.6 Å². The second-order valence-corrected chi connectivity index (χ2v) is 2.61. The number of hydrogen-bond donors (Lipinski definition) is 0. The van der Waals surface area contributed by atoms with E-state index in [0.717, 1.165) is 13.1 Å². The van der Waals surface area contributed by atoms with Gasteiger partial charge >= 0.3 is 66.3 Å². The van der Waals surface area contributed by atoms with Crippen molar-refractivity contribution in [3.63, 3.8) is 0 Å².